The number of fused-ring (bicyclic) bond motifs is 1. The van der Waals surface area contributed by atoms with Crippen molar-refractivity contribution in [3.8, 4) is 0 Å². The number of sulfone groups is 1. The minimum Gasteiger partial charge on any atom is -0.300 e. The first kappa shape index (κ1) is 15.5. The van der Waals surface area contributed by atoms with Crippen molar-refractivity contribution in [2.24, 2.45) is 0 Å². The molecule has 1 aromatic rings. The summed E-state index contributed by atoms with van der Waals surface area (Å²) in [5, 5.41) is 0. The van der Waals surface area contributed by atoms with Gasteiger partial charge in [0.15, 0.2) is 9.84 Å². The Morgan fingerprint density at radius 2 is 1.70 bits per heavy atom. The standard InChI is InChI=1S/C16H25NO2S/c1-4-8-17(9-5-2)15-10-13-6-7-16(20(3,18)19)12-14(13)11-15/h6-7,12,15H,4-5,8-11H2,1-3H3. The van der Waals surface area contributed by atoms with E-state index >= 15 is 0 Å². The molecule has 0 fully saturated rings. The van der Waals surface area contributed by atoms with Gasteiger partial charge in [-0.3, -0.25) is 4.90 Å². The second kappa shape index (κ2) is 6.27. The van der Waals surface area contributed by atoms with Crippen LogP contribution in [0.25, 0.3) is 0 Å². The van der Waals surface area contributed by atoms with Crippen LogP contribution in [0.1, 0.15) is 37.8 Å². The number of rotatable bonds is 6. The summed E-state index contributed by atoms with van der Waals surface area (Å²) < 4.78 is 23.3. The summed E-state index contributed by atoms with van der Waals surface area (Å²) >= 11 is 0. The molecule has 1 atom stereocenters. The van der Waals surface area contributed by atoms with Crippen LogP contribution in [0.15, 0.2) is 23.1 Å². The molecule has 4 heteroatoms. The molecule has 1 unspecified atom stereocenters. The lowest BCUT2D eigenvalue weighted by molar-refractivity contribution is 0.202. The number of hydrogen-bond acceptors (Lipinski definition) is 3. The van der Waals surface area contributed by atoms with E-state index in [9.17, 15) is 8.42 Å². The minimum absolute atomic E-state index is 0.453. The maximum atomic E-state index is 11.6. The Hall–Kier alpha value is -0.870. The molecular formula is C16H25NO2S. The highest BCUT2D eigenvalue weighted by Gasteiger charge is 2.26. The van der Waals surface area contributed by atoms with Crippen molar-refractivity contribution in [1.82, 2.24) is 4.90 Å². The predicted octanol–water partition coefficient (Wildman–Crippen LogP) is 2.68. The molecular weight excluding hydrogens is 270 g/mol. The van der Waals surface area contributed by atoms with Crippen molar-refractivity contribution in [1.29, 1.82) is 0 Å². The molecule has 112 valence electrons. The zero-order chi connectivity index (χ0) is 14.8. The number of hydrogen-bond donors (Lipinski definition) is 0. The van der Waals surface area contributed by atoms with Crippen LogP contribution in [-0.2, 0) is 22.7 Å². The zero-order valence-electron chi connectivity index (χ0n) is 12.7. The fraction of sp³-hybridized carbons (Fsp3) is 0.625. The van der Waals surface area contributed by atoms with E-state index in [0.717, 1.165) is 25.9 Å². The molecule has 0 N–H and O–H groups in total. The van der Waals surface area contributed by atoms with Gasteiger partial charge in [-0.15, -0.1) is 0 Å². The smallest absolute Gasteiger partial charge is 0.175 e. The first-order valence-corrected chi connectivity index (χ1v) is 9.40. The fourth-order valence-electron chi connectivity index (χ4n) is 3.11. The Bertz CT molecular complexity index is 560. The van der Waals surface area contributed by atoms with E-state index in [-0.39, 0.29) is 0 Å². The Morgan fingerprint density at radius 1 is 1.10 bits per heavy atom. The van der Waals surface area contributed by atoms with E-state index in [4.69, 9.17) is 0 Å². The summed E-state index contributed by atoms with van der Waals surface area (Å²) in [5.74, 6) is 0. The lowest BCUT2D eigenvalue weighted by Gasteiger charge is -2.27. The topological polar surface area (TPSA) is 37.4 Å². The molecule has 0 saturated carbocycles. The van der Waals surface area contributed by atoms with Crippen molar-refractivity contribution in [2.75, 3.05) is 19.3 Å². The lowest BCUT2D eigenvalue weighted by atomic mass is 10.1. The summed E-state index contributed by atoms with van der Waals surface area (Å²) in [5.41, 5.74) is 2.54. The summed E-state index contributed by atoms with van der Waals surface area (Å²) in [6.45, 7) is 6.69. The maximum absolute atomic E-state index is 11.6. The molecule has 1 aliphatic carbocycles. The number of nitrogens with zero attached hydrogens (tertiary/aromatic N) is 1. The Kier molecular flexibility index (Phi) is 4.86. The maximum Gasteiger partial charge on any atom is 0.175 e. The molecule has 0 aromatic heterocycles. The average Bonchev–Trinajstić information content (AvgIpc) is 2.80. The molecule has 0 amide bonds. The Morgan fingerprint density at radius 3 is 2.25 bits per heavy atom. The molecule has 0 saturated heterocycles. The van der Waals surface area contributed by atoms with Gasteiger partial charge >= 0.3 is 0 Å². The summed E-state index contributed by atoms with van der Waals surface area (Å²) in [6.07, 6.45) is 5.66. The predicted molar refractivity (Wildman–Crippen MR) is 82.9 cm³/mol. The van der Waals surface area contributed by atoms with Gasteiger partial charge in [-0.1, -0.05) is 19.9 Å². The fourth-order valence-corrected chi connectivity index (χ4v) is 3.78. The average molecular weight is 295 g/mol. The molecule has 0 heterocycles. The van der Waals surface area contributed by atoms with Crippen LogP contribution in [0, 0.1) is 0 Å². The van der Waals surface area contributed by atoms with Crippen LogP contribution in [0.3, 0.4) is 0 Å². The normalized spacial score (nSPS) is 18.5. The van der Waals surface area contributed by atoms with Crippen LogP contribution in [0.5, 0.6) is 0 Å². The SMILES string of the molecule is CCCN(CCC)C1Cc2ccc(S(C)(=O)=O)cc2C1. The second-order valence-electron chi connectivity index (χ2n) is 5.80. The van der Waals surface area contributed by atoms with E-state index in [0.29, 0.717) is 10.9 Å². The third kappa shape index (κ3) is 3.41. The summed E-state index contributed by atoms with van der Waals surface area (Å²) in [7, 11) is -3.10. The molecule has 0 bridgehead atoms. The van der Waals surface area contributed by atoms with Crippen molar-refractivity contribution < 1.29 is 8.42 Å². The van der Waals surface area contributed by atoms with Crippen molar-refractivity contribution in [2.45, 2.75) is 50.5 Å². The first-order chi connectivity index (χ1) is 9.45. The van der Waals surface area contributed by atoms with Gasteiger partial charge in [0.05, 0.1) is 4.90 Å². The van der Waals surface area contributed by atoms with Gasteiger partial charge in [0.1, 0.15) is 0 Å². The highest BCUT2D eigenvalue weighted by Crippen LogP contribution is 2.28. The van der Waals surface area contributed by atoms with Gasteiger partial charge in [-0.25, -0.2) is 8.42 Å². The van der Waals surface area contributed by atoms with Crippen LogP contribution in [0.2, 0.25) is 0 Å². The minimum atomic E-state index is -3.10. The van der Waals surface area contributed by atoms with Gasteiger partial charge in [0, 0.05) is 12.3 Å². The Labute approximate surface area is 122 Å². The van der Waals surface area contributed by atoms with E-state index < -0.39 is 9.84 Å². The molecule has 0 radical (unpaired) electrons. The molecule has 0 aliphatic heterocycles. The van der Waals surface area contributed by atoms with Crippen LogP contribution in [0.4, 0.5) is 0 Å². The van der Waals surface area contributed by atoms with Gasteiger partial charge < -0.3 is 0 Å². The largest absolute Gasteiger partial charge is 0.300 e. The van der Waals surface area contributed by atoms with Crippen LogP contribution < -0.4 is 0 Å². The van der Waals surface area contributed by atoms with E-state index in [1.807, 2.05) is 12.1 Å². The molecule has 1 aromatic carbocycles. The van der Waals surface area contributed by atoms with Gasteiger partial charge in [0.25, 0.3) is 0 Å². The third-order valence-corrected chi connectivity index (χ3v) is 5.17. The Balaban J connectivity index is 2.18. The van der Waals surface area contributed by atoms with Crippen molar-refractivity contribution in [3.63, 3.8) is 0 Å². The zero-order valence-corrected chi connectivity index (χ0v) is 13.5. The molecule has 2 rings (SSSR count). The van der Waals surface area contributed by atoms with Crippen LogP contribution in [-0.4, -0.2) is 38.7 Å². The highest BCUT2D eigenvalue weighted by molar-refractivity contribution is 7.90. The van der Waals surface area contributed by atoms with Gasteiger partial charge in [-0.2, -0.15) is 0 Å². The van der Waals surface area contributed by atoms with Crippen molar-refractivity contribution >= 4 is 9.84 Å². The van der Waals surface area contributed by atoms with Gasteiger partial charge in [-0.05, 0) is 62.0 Å². The van der Waals surface area contributed by atoms with E-state index in [2.05, 4.69) is 18.7 Å². The third-order valence-electron chi connectivity index (χ3n) is 4.05. The van der Waals surface area contributed by atoms with Gasteiger partial charge in [0.2, 0.25) is 0 Å². The molecule has 3 nitrogen and oxygen atoms in total. The van der Waals surface area contributed by atoms with E-state index in [1.165, 1.54) is 30.2 Å². The van der Waals surface area contributed by atoms with E-state index in [1.54, 1.807) is 6.07 Å². The monoisotopic (exact) mass is 295 g/mol. The number of benzene rings is 1. The lowest BCUT2D eigenvalue weighted by Crippen LogP contribution is -2.37. The highest BCUT2D eigenvalue weighted by atomic mass is 32.2. The molecule has 20 heavy (non-hydrogen) atoms. The molecule has 0 spiro atoms. The quantitative estimate of drug-likeness (QED) is 0.810. The second-order valence-corrected chi connectivity index (χ2v) is 7.82. The summed E-state index contributed by atoms with van der Waals surface area (Å²) in [4.78, 5) is 3.01. The summed E-state index contributed by atoms with van der Waals surface area (Å²) in [6, 6.07) is 6.17. The van der Waals surface area contributed by atoms with Crippen molar-refractivity contribution in [3.05, 3.63) is 29.3 Å². The molecule has 1 aliphatic rings. The van der Waals surface area contributed by atoms with Crippen LogP contribution >= 0.6 is 0 Å². The first-order valence-electron chi connectivity index (χ1n) is 7.51.